The van der Waals surface area contributed by atoms with Crippen molar-refractivity contribution in [1.29, 1.82) is 0 Å². The van der Waals surface area contributed by atoms with Crippen LogP contribution in [0.15, 0.2) is 18.2 Å². The summed E-state index contributed by atoms with van der Waals surface area (Å²) in [7, 11) is 0. The fourth-order valence-corrected chi connectivity index (χ4v) is 2.36. The topological polar surface area (TPSA) is 12.0 Å². The molecular weight excluding hydrogens is 196 g/mol. The zero-order chi connectivity index (χ0) is 11.1. The van der Waals surface area contributed by atoms with Crippen molar-refractivity contribution in [1.82, 2.24) is 5.32 Å². The molecular formula is C12H15F2N. The van der Waals surface area contributed by atoms with E-state index in [1.807, 2.05) is 13.8 Å². The van der Waals surface area contributed by atoms with Gasteiger partial charge in [-0.25, -0.2) is 8.78 Å². The molecule has 3 heteroatoms. The number of rotatable bonds is 1. The van der Waals surface area contributed by atoms with Gasteiger partial charge in [0.1, 0.15) is 0 Å². The van der Waals surface area contributed by atoms with E-state index < -0.39 is 11.6 Å². The smallest absolute Gasteiger partial charge is 0.162 e. The van der Waals surface area contributed by atoms with Gasteiger partial charge in [-0.2, -0.15) is 0 Å². The average Bonchev–Trinajstić information content (AvgIpc) is 2.50. The van der Waals surface area contributed by atoms with E-state index in [2.05, 4.69) is 5.32 Å². The minimum absolute atomic E-state index is 0.0493. The van der Waals surface area contributed by atoms with Gasteiger partial charge in [0.2, 0.25) is 0 Å². The lowest BCUT2D eigenvalue weighted by Gasteiger charge is -2.27. The second kappa shape index (κ2) is 3.56. The molecule has 1 aromatic carbocycles. The average molecular weight is 211 g/mol. The SMILES string of the molecule is CC1(C)NCCC1c1cccc(F)c1F. The molecule has 15 heavy (non-hydrogen) atoms. The third-order valence-corrected chi connectivity index (χ3v) is 3.24. The van der Waals surface area contributed by atoms with Crippen molar-refractivity contribution >= 4 is 0 Å². The second-order valence-electron chi connectivity index (χ2n) is 4.63. The van der Waals surface area contributed by atoms with Crippen LogP contribution in [0.1, 0.15) is 31.7 Å². The summed E-state index contributed by atoms with van der Waals surface area (Å²) in [5, 5.41) is 3.30. The Kier molecular flexibility index (Phi) is 2.51. The molecule has 1 atom stereocenters. The van der Waals surface area contributed by atoms with E-state index in [0.29, 0.717) is 5.56 Å². The fraction of sp³-hybridized carbons (Fsp3) is 0.500. The molecule has 1 fully saturated rings. The van der Waals surface area contributed by atoms with Crippen LogP contribution in [0.5, 0.6) is 0 Å². The lowest BCUT2D eigenvalue weighted by Crippen LogP contribution is -2.37. The van der Waals surface area contributed by atoms with Gasteiger partial charge in [-0.15, -0.1) is 0 Å². The molecule has 1 nitrogen and oxygen atoms in total. The predicted octanol–water partition coefficient (Wildman–Crippen LogP) is 2.82. The zero-order valence-corrected chi connectivity index (χ0v) is 8.98. The van der Waals surface area contributed by atoms with Crippen LogP contribution in [0, 0.1) is 11.6 Å². The Labute approximate surface area is 88.5 Å². The third-order valence-electron chi connectivity index (χ3n) is 3.24. The van der Waals surface area contributed by atoms with Crippen molar-refractivity contribution in [2.24, 2.45) is 0 Å². The lowest BCUT2D eigenvalue weighted by atomic mass is 9.83. The van der Waals surface area contributed by atoms with Crippen molar-refractivity contribution < 1.29 is 8.78 Å². The predicted molar refractivity (Wildman–Crippen MR) is 55.8 cm³/mol. The Morgan fingerprint density at radius 3 is 2.67 bits per heavy atom. The van der Waals surface area contributed by atoms with Gasteiger partial charge in [-0.05, 0) is 38.4 Å². The van der Waals surface area contributed by atoms with Gasteiger partial charge in [-0.3, -0.25) is 0 Å². The first-order valence-electron chi connectivity index (χ1n) is 5.21. The molecule has 1 unspecified atom stereocenters. The minimum Gasteiger partial charge on any atom is -0.311 e. The number of hydrogen-bond acceptors (Lipinski definition) is 1. The van der Waals surface area contributed by atoms with Gasteiger partial charge in [0.05, 0.1) is 0 Å². The largest absolute Gasteiger partial charge is 0.311 e. The summed E-state index contributed by atoms with van der Waals surface area (Å²) in [4.78, 5) is 0. The highest BCUT2D eigenvalue weighted by Crippen LogP contribution is 2.36. The third kappa shape index (κ3) is 1.76. The van der Waals surface area contributed by atoms with E-state index in [1.54, 1.807) is 12.1 Å². The van der Waals surface area contributed by atoms with E-state index in [1.165, 1.54) is 0 Å². The van der Waals surface area contributed by atoms with Crippen LogP contribution in [-0.2, 0) is 0 Å². The number of benzene rings is 1. The maximum atomic E-state index is 13.6. The van der Waals surface area contributed by atoms with Crippen LogP contribution in [-0.4, -0.2) is 12.1 Å². The van der Waals surface area contributed by atoms with Gasteiger partial charge >= 0.3 is 0 Å². The van der Waals surface area contributed by atoms with E-state index in [9.17, 15) is 8.78 Å². The molecule has 0 aromatic heterocycles. The summed E-state index contributed by atoms with van der Waals surface area (Å²) in [6.07, 6.45) is 0.855. The molecule has 1 N–H and O–H groups in total. The fourth-order valence-electron chi connectivity index (χ4n) is 2.36. The zero-order valence-electron chi connectivity index (χ0n) is 8.98. The molecule has 82 valence electrons. The van der Waals surface area contributed by atoms with Crippen LogP contribution >= 0.6 is 0 Å². The molecule has 1 heterocycles. The van der Waals surface area contributed by atoms with Crippen LogP contribution < -0.4 is 5.32 Å². The Bertz CT molecular complexity index is 374. The number of nitrogens with one attached hydrogen (secondary N) is 1. The molecule has 1 aliphatic heterocycles. The molecule has 0 radical (unpaired) electrons. The molecule has 0 saturated carbocycles. The first kappa shape index (κ1) is 10.6. The van der Waals surface area contributed by atoms with Crippen molar-refractivity contribution in [2.75, 3.05) is 6.54 Å². The Morgan fingerprint density at radius 2 is 2.07 bits per heavy atom. The lowest BCUT2D eigenvalue weighted by molar-refractivity contribution is 0.393. The van der Waals surface area contributed by atoms with Gasteiger partial charge in [0.15, 0.2) is 11.6 Å². The Balaban J connectivity index is 2.41. The summed E-state index contributed by atoms with van der Waals surface area (Å²) in [6, 6.07) is 4.41. The van der Waals surface area contributed by atoms with Gasteiger partial charge in [-0.1, -0.05) is 12.1 Å². The second-order valence-corrected chi connectivity index (χ2v) is 4.63. The van der Waals surface area contributed by atoms with Gasteiger partial charge in [0.25, 0.3) is 0 Å². The summed E-state index contributed by atoms with van der Waals surface area (Å²) >= 11 is 0. The molecule has 1 aliphatic rings. The van der Waals surface area contributed by atoms with Gasteiger partial charge in [0, 0.05) is 11.5 Å². The van der Waals surface area contributed by atoms with E-state index >= 15 is 0 Å². The summed E-state index contributed by atoms with van der Waals surface area (Å²) in [6.45, 7) is 4.90. The van der Waals surface area contributed by atoms with Crippen molar-refractivity contribution in [2.45, 2.75) is 31.7 Å². The van der Waals surface area contributed by atoms with Crippen LogP contribution in [0.4, 0.5) is 8.78 Å². The minimum atomic E-state index is -0.754. The Hall–Kier alpha value is -0.960. The quantitative estimate of drug-likeness (QED) is 0.753. The molecule has 1 saturated heterocycles. The highest BCUT2D eigenvalue weighted by molar-refractivity contribution is 5.27. The van der Waals surface area contributed by atoms with Gasteiger partial charge < -0.3 is 5.32 Å². The maximum absolute atomic E-state index is 13.6. The highest BCUT2D eigenvalue weighted by Gasteiger charge is 2.36. The van der Waals surface area contributed by atoms with E-state index in [4.69, 9.17) is 0 Å². The maximum Gasteiger partial charge on any atom is 0.162 e. The summed E-state index contributed by atoms with van der Waals surface area (Å²) in [5.74, 6) is -1.40. The highest BCUT2D eigenvalue weighted by atomic mass is 19.2. The van der Waals surface area contributed by atoms with E-state index in [-0.39, 0.29) is 11.5 Å². The van der Waals surface area contributed by atoms with E-state index in [0.717, 1.165) is 19.0 Å². The standard InChI is InChI=1S/C12H15F2N/c1-12(2)9(6-7-15-12)8-4-3-5-10(13)11(8)14/h3-5,9,15H,6-7H2,1-2H3. The molecule has 0 bridgehead atoms. The first-order chi connectivity index (χ1) is 7.02. The van der Waals surface area contributed by atoms with Crippen LogP contribution in [0.2, 0.25) is 0 Å². The normalized spacial score (nSPS) is 24.4. The molecule has 0 aliphatic carbocycles. The molecule has 0 amide bonds. The molecule has 1 aromatic rings. The molecule has 2 rings (SSSR count). The van der Waals surface area contributed by atoms with Crippen LogP contribution in [0.3, 0.4) is 0 Å². The number of halogens is 2. The number of hydrogen-bond donors (Lipinski definition) is 1. The van der Waals surface area contributed by atoms with Crippen molar-refractivity contribution in [3.63, 3.8) is 0 Å². The molecule has 0 spiro atoms. The summed E-state index contributed by atoms with van der Waals surface area (Å²) in [5.41, 5.74) is 0.333. The monoisotopic (exact) mass is 211 g/mol. The van der Waals surface area contributed by atoms with Crippen molar-refractivity contribution in [3.8, 4) is 0 Å². The van der Waals surface area contributed by atoms with Crippen LogP contribution in [0.25, 0.3) is 0 Å². The first-order valence-corrected chi connectivity index (χ1v) is 5.21. The summed E-state index contributed by atoms with van der Waals surface area (Å²) < 4.78 is 26.7. The Morgan fingerprint density at radius 1 is 1.33 bits per heavy atom. The van der Waals surface area contributed by atoms with Crippen molar-refractivity contribution in [3.05, 3.63) is 35.4 Å².